The van der Waals surface area contributed by atoms with E-state index in [0.717, 1.165) is 17.3 Å². The normalized spacial score (nSPS) is 13.7. The van der Waals surface area contributed by atoms with Crippen molar-refractivity contribution in [2.24, 2.45) is 4.99 Å². The zero-order valence-corrected chi connectivity index (χ0v) is 15.7. The van der Waals surface area contributed by atoms with Crippen molar-refractivity contribution in [3.63, 3.8) is 0 Å². The molecular formula is C16H26IN3O. The Bertz CT molecular complexity index is 460. The van der Waals surface area contributed by atoms with Crippen LogP contribution in [0.25, 0.3) is 0 Å². The van der Waals surface area contributed by atoms with E-state index in [1.807, 2.05) is 56.2 Å². The number of guanidine groups is 1. The maximum atomic E-state index is 6.04. The second-order valence-electron chi connectivity index (χ2n) is 5.68. The zero-order chi connectivity index (χ0) is 14.5. The van der Waals surface area contributed by atoms with Crippen LogP contribution in [0.2, 0.25) is 0 Å². The van der Waals surface area contributed by atoms with Crippen LogP contribution >= 0.6 is 24.0 Å². The van der Waals surface area contributed by atoms with Crippen molar-refractivity contribution in [3.8, 4) is 5.75 Å². The first-order valence-corrected chi connectivity index (χ1v) is 7.21. The molecule has 21 heavy (non-hydrogen) atoms. The van der Waals surface area contributed by atoms with Crippen molar-refractivity contribution in [1.29, 1.82) is 0 Å². The summed E-state index contributed by atoms with van der Waals surface area (Å²) in [7, 11) is 8.04. The minimum atomic E-state index is 0. The molecule has 1 aliphatic carbocycles. The van der Waals surface area contributed by atoms with Crippen molar-refractivity contribution in [2.45, 2.75) is 31.9 Å². The molecule has 1 aromatic carbocycles. The predicted molar refractivity (Wildman–Crippen MR) is 98.6 cm³/mol. The first-order valence-electron chi connectivity index (χ1n) is 7.21. The maximum Gasteiger partial charge on any atom is 0.195 e. The van der Waals surface area contributed by atoms with Crippen molar-refractivity contribution >= 4 is 29.9 Å². The fraction of sp³-hybridized carbons (Fsp3) is 0.562. The van der Waals surface area contributed by atoms with Gasteiger partial charge in [0.2, 0.25) is 0 Å². The van der Waals surface area contributed by atoms with E-state index in [9.17, 15) is 0 Å². The van der Waals surface area contributed by atoms with Gasteiger partial charge in [0.1, 0.15) is 5.75 Å². The van der Waals surface area contributed by atoms with Gasteiger partial charge in [-0.3, -0.25) is 0 Å². The molecule has 0 bridgehead atoms. The molecule has 118 valence electrons. The highest BCUT2D eigenvalue weighted by molar-refractivity contribution is 14.0. The number of halogens is 1. The summed E-state index contributed by atoms with van der Waals surface area (Å²) in [5.74, 6) is 1.95. The molecule has 0 aliphatic heterocycles. The largest absolute Gasteiger partial charge is 0.490 e. The van der Waals surface area contributed by atoms with E-state index < -0.39 is 0 Å². The van der Waals surface area contributed by atoms with Gasteiger partial charge >= 0.3 is 0 Å². The molecule has 0 amide bonds. The summed E-state index contributed by atoms with van der Waals surface area (Å²) in [5, 5.41) is 0. The van der Waals surface area contributed by atoms with Gasteiger partial charge in [0.05, 0.1) is 12.6 Å². The van der Waals surface area contributed by atoms with Crippen LogP contribution in [0.4, 0.5) is 0 Å². The summed E-state index contributed by atoms with van der Waals surface area (Å²) in [5.41, 5.74) is 1.15. The lowest BCUT2D eigenvalue weighted by molar-refractivity contribution is 0.119. The molecule has 5 heteroatoms. The summed E-state index contributed by atoms with van der Waals surface area (Å²) in [4.78, 5) is 8.74. The third kappa shape index (κ3) is 5.05. The fourth-order valence-electron chi connectivity index (χ4n) is 2.26. The summed E-state index contributed by atoms with van der Waals surface area (Å²) in [6.45, 7) is 0.647. The Kier molecular flexibility index (Phi) is 7.28. The van der Waals surface area contributed by atoms with Crippen LogP contribution in [-0.4, -0.2) is 50.1 Å². The van der Waals surface area contributed by atoms with Gasteiger partial charge in [0.15, 0.2) is 5.96 Å². The van der Waals surface area contributed by atoms with Gasteiger partial charge in [0.25, 0.3) is 0 Å². The van der Waals surface area contributed by atoms with Crippen LogP contribution in [-0.2, 0) is 6.54 Å². The van der Waals surface area contributed by atoms with E-state index in [4.69, 9.17) is 9.73 Å². The lowest BCUT2D eigenvalue weighted by Crippen LogP contribution is -2.35. The molecule has 0 radical (unpaired) electrons. The minimum absolute atomic E-state index is 0. The van der Waals surface area contributed by atoms with E-state index in [1.54, 1.807) is 0 Å². The Morgan fingerprint density at radius 2 is 1.76 bits per heavy atom. The van der Waals surface area contributed by atoms with Crippen LogP contribution in [0.15, 0.2) is 29.3 Å². The average molecular weight is 403 g/mol. The molecule has 4 nitrogen and oxygen atoms in total. The summed E-state index contributed by atoms with van der Waals surface area (Å²) >= 11 is 0. The standard InChI is InChI=1S/C16H25N3O.HI/c1-18(2)16(19(3)4)17-12-13-8-5-6-11-15(13)20-14-9-7-10-14;/h5-6,8,11,14H,7,9-10,12H2,1-4H3;1H. The van der Waals surface area contributed by atoms with Gasteiger partial charge in [-0.25, -0.2) is 4.99 Å². The molecule has 1 aromatic rings. The van der Waals surface area contributed by atoms with Crippen molar-refractivity contribution in [1.82, 2.24) is 9.80 Å². The monoisotopic (exact) mass is 403 g/mol. The number of aliphatic imine (C=N–C) groups is 1. The summed E-state index contributed by atoms with van der Waals surface area (Å²) in [6, 6.07) is 8.22. The quantitative estimate of drug-likeness (QED) is 0.439. The molecule has 0 aromatic heterocycles. The molecule has 0 N–H and O–H groups in total. The van der Waals surface area contributed by atoms with Gasteiger partial charge in [-0.1, -0.05) is 18.2 Å². The van der Waals surface area contributed by atoms with Gasteiger partial charge in [-0.15, -0.1) is 24.0 Å². The van der Waals surface area contributed by atoms with E-state index in [1.165, 1.54) is 19.3 Å². The first-order chi connectivity index (χ1) is 9.58. The topological polar surface area (TPSA) is 28.1 Å². The van der Waals surface area contributed by atoms with E-state index in [0.29, 0.717) is 12.6 Å². The third-order valence-electron chi connectivity index (χ3n) is 3.51. The Balaban J connectivity index is 0.00000220. The first kappa shape index (κ1) is 18.1. The molecule has 0 unspecified atom stereocenters. The van der Waals surface area contributed by atoms with Crippen LogP contribution in [0.1, 0.15) is 24.8 Å². The number of ether oxygens (including phenoxy) is 1. The highest BCUT2D eigenvalue weighted by Crippen LogP contribution is 2.27. The number of nitrogens with zero attached hydrogens (tertiary/aromatic N) is 3. The van der Waals surface area contributed by atoms with Crippen LogP contribution < -0.4 is 4.74 Å². The highest BCUT2D eigenvalue weighted by Gasteiger charge is 2.20. The van der Waals surface area contributed by atoms with Crippen molar-refractivity contribution < 1.29 is 4.74 Å². The third-order valence-corrected chi connectivity index (χ3v) is 3.51. The Hall–Kier alpha value is -0.980. The predicted octanol–water partition coefficient (Wildman–Crippen LogP) is 3.22. The number of hydrogen-bond acceptors (Lipinski definition) is 2. The molecular weight excluding hydrogens is 377 g/mol. The lowest BCUT2D eigenvalue weighted by atomic mass is 9.96. The minimum Gasteiger partial charge on any atom is -0.490 e. The number of hydrogen-bond donors (Lipinski definition) is 0. The van der Waals surface area contributed by atoms with Gasteiger partial charge in [-0.05, 0) is 25.3 Å². The second-order valence-corrected chi connectivity index (χ2v) is 5.68. The van der Waals surface area contributed by atoms with E-state index >= 15 is 0 Å². The number of benzene rings is 1. The van der Waals surface area contributed by atoms with Crippen molar-refractivity contribution in [3.05, 3.63) is 29.8 Å². The molecule has 2 rings (SSSR count). The Morgan fingerprint density at radius 1 is 1.14 bits per heavy atom. The van der Waals surface area contributed by atoms with Crippen LogP contribution in [0.5, 0.6) is 5.75 Å². The van der Waals surface area contributed by atoms with E-state index in [-0.39, 0.29) is 24.0 Å². The van der Waals surface area contributed by atoms with Gasteiger partial charge in [-0.2, -0.15) is 0 Å². The molecule has 0 atom stereocenters. The Labute approximate surface area is 145 Å². The van der Waals surface area contributed by atoms with Crippen LogP contribution in [0, 0.1) is 0 Å². The van der Waals surface area contributed by atoms with Gasteiger partial charge < -0.3 is 14.5 Å². The molecule has 0 heterocycles. The molecule has 1 aliphatic rings. The lowest BCUT2D eigenvalue weighted by Gasteiger charge is -2.27. The SMILES string of the molecule is CN(C)C(=NCc1ccccc1OC1CCC1)N(C)C.I. The Morgan fingerprint density at radius 3 is 2.29 bits per heavy atom. The number of para-hydroxylation sites is 1. The van der Waals surface area contributed by atoms with Crippen molar-refractivity contribution in [2.75, 3.05) is 28.2 Å². The number of rotatable bonds is 4. The fourth-order valence-corrected chi connectivity index (χ4v) is 2.26. The van der Waals surface area contributed by atoms with E-state index in [2.05, 4.69) is 6.07 Å². The summed E-state index contributed by atoms with van der Waals surface area (Å²) < 4.78 is 6.04. The average Bonchev–Trinajstić information content (AvgIpc) is 2.34. The second kappa shape index (κ2) is 8.46. The molecule has 0 saturated heterocycles. The molecule has 0 spiro atoms. The smallest absolute Gasteiger partial charge is 0.195 e. The molecule has 1 saturated carbocycles. The zero-order valence-electron chi connectivity index (χ0n) is 13.4. The highest BCUT2D eigenvalue weighted by atomic mass is 127. The van der Waals surface area contributed by atoms with Gasteiger partial charge in [0, 0.05) is 33.8 Å². The molecule has 1 fully saturated rings. The maximum absolute atomic E-state index is 6.04. The summed E-state index contributed by atoms with van der Waals surface area (Å²) in [6.07, 6.45) is 4.05. The van der Waals surface area contributed by atoms with Crippen LogP contribution in [0.3, 0.4) is 0 Å².